The standard InChI is InChI=1S/C12H10O3/c1-14-11-4-2-3-9(7-11)12(13)10-5-6-15-8-10/h2-8H,1H3. The lowest BCUT2D eigenvalue weighted by Gasteiger charge is -2.01. The average Bonchev–Trinajstić information content (AvgIpc) is 2.81. The van der Waals surface area contributed by atoms with Crippen LogP contribution >= 0.6 is 0 Å². The van der Waals surface area contributed by atoms with E-state index in [2.05, 4.69) is 0 Å². The van der Waals surface area contributed by atoms with Crippen LogP contribution in [0.2, 0.25) is 0 Å². The van der Waals surface area contributed by atoms with Crippen LogP contribution in [0, 0.1) is 0 Å². The van der Waals surface area contributed by atoms with Crippen LogP contribution in [0.25, 0.3) is 0 Å². The van der Waals surface area contributed by atoms with Crippen LogP contribution in [-0.4, -0.2) is 12.9 Å². The van der Waals surface area contributed by atoms with E-state index in [0.29, 0.717) is 16.9 Å². The molecular formula is C12H10O3. The Labute approximate surface area is 87.3 Å². The molecule has 0 fully saturated rings. The van der Waals surface area contributed by atoms with Gasteiger partial charge in [0.2, 0.25) is 0 Å². The quantitative estimate of drug-likeness (QED) is 0.718. The zero-order chi connectivity index (χ0) is 10.7. The molecule has 0 bridgehead atoms. The van der Waals surface area contributed by atoms with Crippen LogP contribution < -0.4 is 4.74 Å². The lowest BCUT2D eigenvalue weighted by Crippen LogP contribution is -1.99. The molecule has 0 spiro atoms. The van der Waals surface area contributed by atoms with Crippen molar-refractivity contribution in [3.05, 3.63) is 54.0 Å². The summed E-state index contributed by atoms with van der Waals surface area (Å²) in [7, 11) is 1.57. The molecule has 0 aliphatic rings. The van der Waals surface area contributed by atoms with Crippen LogP contribution in [0.4, 0.5) is 0 Å². The Morgan fingerprint density at radius 2 is 2.13 bits per heavy atom. The van der Waals surface area contributed by atoms with Gasteiger partial charge in [-0.25, -0.2) is 0 Å². The van der Waals surface area contributed by atoms with E-state index in [0.717, 1.165) is 0 Å². The molecule has 0 atom stereocenters. The fraction of sp³-hybridized carbons (Fsp3) is 0.0833. The van der Waals surface area contributed by atoms with Crippen LogP contribution in [0.5, 0.6) is 5.75 Å². The molecule has 15 heavy (non-hydrogen) atoms. The highest BCUT2D eigenvalue weighted by Crippen LogP contribution is 2.16. The number of carbonyl (C=O) groups is 1. The Bertz CT molecular complexity index is 457. The third kappa shape index (κ3) is 1.91. The molecule has 1 aromatic heterocycles. The Hall–Kier alpha value is -2.03. The number of ether oxygens (including phenoxy) is 1. The van der Waals surface area contributed by atoms with Gasteiger partial charge in [0.15, 0.2) is 5.78 Å². The molecule has 0 aliphatic heterocycles. The molecule has 3 heteroatoms. The van der Waals surface area contributed by atoms with E-state index in [1.54, 1.807) is 37.4 Å². The molecule has 0 amide bonds. The smallest absolute Gasteiger partial charge is 0.196 e. The molecule has 0 saturated carbocycles. The molecule has 2 rings (SSSR count). The summed E-state index contributed by atoms with van der Waals surface area (Å²) in [6.45, 7) is 0. The zero-order valence-electron chi connectivity index (χ0n) is 8.27. The summed E-state index contributed by atoms with van der Waals surface area (Å²) in [6, 6.07) is 8.67. The van der Waals surface area contributed by atoms with Gasteiger partial charge < -0.3 is 9.15 Å². The van der Waals surface area contributed by atoms with E-state index >= 15 is 0 Å². The minimum atomic E-state index is -0.0670. The number of hydrogen-bond donors (Lipinski definition) is 0. The molecule has 2 aromatic rings. The van der Waals surface area contributed by atoms with Gasteiger partial charge in [0.1, 0.15) is 12.0 Å². The number of hydrogen-bond acceptors (Lipinski definition) is 3. The molecule has 0 unspecified atom stereocenters. The number of furan rings is 1. The predicted molar refractivity (Wildman–Crippen MR) is 55.1 cm³/mol. The van der Waals surface area contributed by atoms with Gasteiger partial charge in [-0.05, 0) is 18.2 Å². The largest absolute Gasteiger partial charge is 0.497 e. The van der Waals surface area contributed by atoms with Crippen LogP contribution in [-0.2, 0) is 0 Å². The highest BCUT2D eigenvalue weighted by molar-refractivity contribution is 6.08. The van der Waals surface area contributed by atoms with Gasteiger partial charge in [-0.15, -0.1) is 0 Å². The summed E-state index contributed by atoms with van der Waals surface area (Å²) in [4.78, 5) is 11.9. The van der Waals surface area contributed by atoms with Crippen molar-refractivity contribution in [2.45, 2.75) is 0 Å². The normalized spacial score (nSPS) is 9.93. The highest BCUT2D eigenvalue weighted by atomic mass is 16.5. The maximum absolute atomic E-state index is 11.9. The highest BCUT2D eigenvalue weighted by Gasteiger charge is 2.10. The maximum atomic E-state index is 11.9. The number of carbonyl (C=O) groups excluding carboxylic acids is 1. The van der Waals surface area contributed by atoms with E-state index in [-0.39, 0.29) is 5.78 Å². The molecule has 0 aliphatic carbocycles. The van der Waals surface area contributed by atoms with Gasteiger partial charge in [0.25, 0.3) is 0 Å². The van der Waals surface area contributed by atoms with Gasteiger partial charge in [0, 0.05) is 5.56 Å². The summed E-state index contributed by atoms with van der Waals surface area (Å²) in [5.41, 5.74) is 1.14. The third-order valence-corrected chi connectivity index (χ3v) is 2.12. The lowest BCUT2D eigenvalue weighted by atomic mass is 10.1. The van der Waals surface area contributed by atoms with E-state index in [1.807, 2.05) is 0 Å². The van der Waals surface area contributed by atoms with Crippen molar-refractivity contribution < 1.29 is 13.9 Å². The number of rotatable bonds is 3. The lowest BCUT2D eigenvalue weighted by molar-refractivity contribution is 0.103. The molecule has 0 radical (unpaired) electrons. The van der Waals surface area contributed by atoms with Gasteiger partial charge in [-0.3, -0.25) is 4.79 Å². The second-order valence-corrected chi connectivity index (χ2v) is 3.07. The number of methoxy groups -OCH3 is 1. The Morgan fingerprint density at radius 1 is 1.27 bits per heavy atom. The molecule has 1 heterocycles. The molecule has 3 nitrogen and oxygen atoms in total. The first-order chi connectivity index (χ1) is 7.31. The van der Waals surface area contributed by atoms with E-state index in [1.165, 1.54) is 12.5 Å². The minimum absolute atomic E-state index is 0.0670. The van der Waals surface area contributed by atoms with Gasteiger partial charge in [-0.2, -0.15) is 0 Å². The zero-order valence-corrected chi connectivity index (χ0v) is 8.27. The summed E-state index contributed by atoms with van der Waals surface area (Å²) in [5, 5.41) is 0. The van der Waals surface area contributed by atoms with Gasteiger partial charge in [0.05, 0.1) is 18.9 Å². The van der Waals surface area contributed by atoms with Crippen LogP contribution in [0.1, 0.15) is 15.9 Å². The van der Waals surface area contributed by atoms with Gasteiger partial charge in [-0.1, -0.05) is 12.1 Å². The predicted octanol–water partition coefficient (Wildman–Crippen LogP) is 2.52. The fourth-order valence-corrected chi connectivity index (χ4v) is 1.32. The first-order valence-electron chi connectivity index (χ1n) is 4.52. The van der Waals surface area contributed by atoms with Crippen LogP contribution in [0.15, 0.2) is 47.3 Å². The molecule has 1 aromatic carbocycles. The minimum Gasteiger partial charge on any atom is -0.497 e. The summed E-state index contributed by atoms with van der Waals surface area (Å²) in [5.74, 6) is 0.604. The van der Waals surface area contributed by atoms with Crippen molar-refractivity contribution in [3.63, 3.8) is 0 Å². The van der Waals surface area contributed by atoms with E-state index in [9.17, 15) is 4.79 Å². The van der Waals surface area contributed by atoms with Crippen molar-refractivity contribution in [1.82, 2.24) is 0 Å². The monoisotopic (exact) mass is 202 g/mol. The summed E-state index contributed by atoms with van der Waals surface area (Å²) in [6.07, 6.45) is 2.91. The topological polar surface area (TPSA) is 39.4 Å². The van der Waals surface area contributed by atoms with Crippen molar-refractivity contribution in [2.24, 2.45) is 0 Å². The first-order valence-corrected chi connectivity index (χ1v) is 4.52. The van der Waals surface area contributed by atoms with Crippen LogP contribution in [0.3, 0.4) is 0 Å². The summed E-state index contributed by atoms with van der Waals surface area (Å²) < 4.78 is 9.91. The van der Waals surface area contributed by atoms with Crippen molar-refractivity contribution in [3.8, 4) is 5.75 Å². The first kappa shape index (κ1) is 9.52. The van der Waals surface area contributed by atoms with E-state index in [4.69, 9.17) is 9.15 Å². The average molecular weight is 202 g/mol. The molecule has 0 N–H and O–H groups in total. The second-order valence-electron chi connectivity index (χ2n) is 3.07. The molecule has 0 saturated heterocycles. The Kier molecular flexibility index (Phi) is 2.54. The number of ketones is 1. The fourth-order valence-electron chi connectivity index (χ4n) is 1.32. The Balaban J connectivity index is 2.34. The van der Waals surface area contributed by atoms with Crippen molar-refractivity contribution >= 4 is 5.78 Å². The molecule has 76 valence electrons. The second kappa shape index (κ2) is 4.00. The third-order valence-electron chi connectivity index (χ3n) is 2.12. The maximum Gasteiger partial charge on any atom is 0.196 e. The molecular weight excluding hydrogens is 192 g/mol. The van der Waals surface area contributed by atoms with Crippen molar-refractivity contribution in [2.75, 3.05) is 7.11 Å². The van der Waals surface area contributed by atoms with Gasteiger partial charge >= 0.3 is 0 Å². The Morgan fingerprint density at radius 3 is 2.80 bits per heavy atom. The van der Waals surface area contributed by atoms with E-state index < -0.39 is 0 Å². The van der Waals surface area contributed by atoms with Crippen molar-refractivity contribution in [1.29, 1.82) is 0 Å². The number of benzene rings is 1. The summed E-state index contributed by atoms with van der Waals surface area (Å²) >= 11 is 0. The SMILES string of the molecule is COc1cccc(C(=O)c2ccoc2)c1.